The van der Waals surface area contributed by atoms with E-state index in [4.69, 9.17) is 11.6 Å². The Balaban J connectivity index is 1.80. The molecule has 0 saturated heterocycles. The Morgan fingerprint density at radius 3 is 2.68 bits per heavy atom. The second-order valence-corrected chi connectivity index (χ2v) is 6.10. The van der Waals surface area contributed by atoms with E-state index in [9.17, 15) is 9.70 Å². The molecule has 0 aliphatic rings. The monoisotopic (exact) mass is 353 g/mol. The van der Waals surface area contributed by atoms with Crippen LogP contribution in [0.25, 0.3) is 10.8 Å². The number of fused-ring (bicyclic) bond motifs is 1. The summed E-state index contributed by atoms with van der Waals surface area (Å²) in [4.78, 5) is 22.7. The molecule has 3 rings (SSSR count). The summed E-state index contributed by atoms with van der Waals surface area (Å²) >= 11 is 6.07. The van der Waals surface area contributed by atoms with Gasteiger partial charge < -0.3 is 10.6 Å². The van der Waals surface area contributed by atoms with E-state index in [-0.39, 0.29) is 12.6 Å². The zero-order valence-corrected chi connectivity index (χ0v) is 14.3. The molecule has 6 heteroatoms. The summed E-state index contributed by atoms with van der Waals surface area (Å²) in [7, 11) is 0. The molecule has 2 amide bonds. The van der Waals surface area contributed by atoms with E-state index in [1.165, 1.54) is 0 Å². The molecule has 0 radical (unpaired) electrons. The molecule has 0 unspecified atom stereocenters. The first-order valence-electron chi connectivity index (χ1n) is 7.72. The molecule has 0 aliphatic heterocycles. The van der Waals surface area contributed by atoms with Crippen molar-refractivity contribution in [1.82, 2.24) is 0 Å². The van der Waals surface area contributed by atoms with Gasteiger partial charge in [-0.2, -0.15) is 4.91 Å². The lowest BCUT2D eigenvalue weighted by Crippen LogP contribution is -2.19. The lowest BCUT2D eigenvalue weighted by atomic mass is 10.1. The van der Waals surface area contributed by atoms with Gasteiger partial charge in [-0.15, -0.1) is 0 Å². The highest BCUT2D eigenvalue weighted by Crippen LogP contribution is 2.25. The Kier molecular flexibility index (Phi) is 4.95. The number of anilines is 2. The number of nitroso groups, excluding NO2 is 1. The molecule has 0 fully saturated rings. The number of rotatable bonds is 4. The van der Waals surface area contributed by atoms with Crippen LogP contribution in [0.1, 0.15) is 11.1 Å². The molecule has 126 valence electrons. The minimum atomic E-state index is -0.356. The topological polar surface area (TPSA) is 70.6 Å². The van der Waals surface area contributed by atoms with E-state index < -0.39 is 0 Å². The average molecular weight is 354 g/mol. The Morgan fingerprint density at radius 2 is 1.92 bits per heavy atom. The van der Waals surface area contributed by atoms with Crippen LogP contribution < -0.4 is 10.6 Å². The number of halogens is 1. The number of amides is 2. The van der Waals surface area contributed by atoms with Crippen molar-refractivity contribution in [3.63, 3.8) is 0 Å². The van der Waals surface area contributed by atoms with E-state index in [1.807, 2.05) is 49.4 Å². The van der Waals surface area contributed by atoms with Crippen LogP contribution in [0.4, 0.5) is 16.2 Å². The van der Waals surface area contributed by atoms with Crippen molar-refractivity contribution in [2.24, 2.45) is 5.18 Å². The van der Waals surface area contributed by atoms with Crippen LogP contribution in [0.5, 0.6) is 0 Å². The number of hydrogen-bond donors (Lipinski definition) is 2. The third kappa shape index (κ3) is 3.95. The summed E-state index contributed by atoms with van der Waals surface area (Å²) in [5, 5.41) is 10.9. The number of nitrogens with one attached hydrogen (secondary N) is 2. The van der Waals surface area contributed by atoms with Crippen LogP contribution in [-0.4, -0.2) is 6.03 Å². The van der Waals surface area contributed by atoms with Gasteiger partial charge in [-0.3, -0.25) is 0 Å². The highest BCUT2D eigenvalue weighted by Gasteiger charge is 2.07. The number of aryl methyl sites for hydroxylation is 1. The van der Waals surface area contributed by atoms with Crippen LogP contribution in [-0.2, 0) is 6.54 Å². The standard InChI is InChI=1S/C19H16ClN3O2/c1-12-5-7-15(10-17(12)20)22-19(24)23-18-4-2-3-14-9-13(11-21-25)6-8-16(14)18/h2-10H,11H2,1H3,(H2,22,23,24). The number of carbonyl (C=O) groups is 1. The summed E-state index contributed by atoms with van der Waals surface area (Å²) in [6.45, 7) is 2.03. The van der Waals surface area contributed by atoms with Crippen LogP contribution >= 0.6 is 11.6 Å². The van der Waals surface area contributed by atoms with Crippen LogP contribution in [0.15, 0.2) is 59.8 Å². The van der Waals surface area contributed by atoms with Crippen LogP contribution in [0.3, 0.4) is 0 Å². The number of carbonyl (C=O) groups excluding carboxylic acids is 1. The molecule has 0 aromatic heterocycles. The van der Waals surface area contributed by atoms with Gasteiger partial charge in [0.1, 0.15) is 6.54 Å². The fraction of sp³-hybridized carbons (Fsp3) is 0.105. The second-order valence-electron chi connectivity index (χ2n) is 5.69. The summed E-state index contributed by atoms with van der Waals surface area (Å²) in [6, 6.07) is 16.2. The predicted molar refractivity (Wildman–Crippen MR) is 102 cm³/mol. The molecule has 0 aliphatic carbocycles. The van der Waals surface area contributed by atoms with Crippen LogP contribution in [0.2, 0.25) is 5.02 Å². The van der Waals surface area contributed by atoms with Gasteiger partial charge in [0.25, 0.3) is 0 Å². The van der Waals surface area contributed by atoms with Crippen molar-refractivity contribution in [3.8, 4) is 0 Å². The molecule has 3 aromatic rings. The Bertz CT molecular complexity index is 957. The smallest absolute Gasteiger partial charge is 0.308 e. The van der Waals surface area contributed by atoms with Gasteiger partial charge in [-0.25, -0.2) is 4.79 Å². The zero-order chi connectivity index (χ0) is 17.8. The first-order valence-corrected chi connectivity index (χ1v) is 8.09. The molecule has 2 N–H and O–H groups in total. The molecule has 0 spiro atoms. The summed E-state index contributed by atoms with van der Waals surface area (Å²) in [5.41, 5.74) is 3.08. The molecule has 0 heterocycles. The van der Waals surface area contributed by atoms with Crippen molar-refractivity contribution < 1.29 is 4.79 Å². The molecule has 0 atom stereocenters. The maximum atomic E-state index is 12.3. The fourth-order valence-electron chi connectivity index (χ4n) is 2.57. The predicted octanol–water partition coefficient (Wildman–Crippen LogP) is 5.71. The summed E-state index contributed by atoms with van der Waals surface area (Å²) in [6.07, 6.45) is 0. The lowest BCUT2D eigenvalue weighted by Gasteiger charge is -2.11. The molecule has 3 aromatic carbocycles. The number of hydrogen-bond acceptors (Lipinski definition) is 3. The minimum Gasteiger partial charge on any atom is -0.308 e. The normalized spacial score (nSPS) is 10.5. The SMILES string of the molecule is Cc1ccc(NC(=O)Nc2cccc3cc(CN=O)ccc23)cc1Cl. The van der Waals surface area contributed by atoms with E-state index in [1.54, 1.807) is 12.1 Å². The van der Waals surface area contributed by atoms with Gasteiger partial charge in [0.2, 0.25) is 0 Å². The van der Waals surface area contributed by atoms with Crippen molar-refractivity contribution in [2.75, 3.05) is 10.6 Å². The van der Waals surface area contributed by atoms with E-state index in [0.29, 0.717) is 16.4 Å². The summed E-state index contributed by atoms with van der Waals surface area (Å²) in [5.74, 6) is 0. The van der Waals surface area contributed by atoms with Crippen LogP contribution in [0, 0.1) is 11.8 Å². The maximum absolute atomic E-state index is 12.3. The highest BCUT2D eigenvalue weighted by atomic mass is 35.5. The van der Waals surface area contributed by atoms with Gasteiger partial charge >= 0.3 is 6.03 Å². The Labute approximate surface area is 150 Å². The Morgan fingerprint density at radius 1 is 1.08 bits per heavy atom. The first-order chi connectivity index (χ1) is 12.1. The quantitative estimate of drug-likeness (QED) is 0.589. The lowest BCUT2D eigenvalue weighted by molar-refractivity contribution is 0.262. The van der Waals surface area contributed by atoms with Gasteiger partial charge in [-0.05, 0) is 47.7 Å². The maximum Gasteiger partial charge on any atom is 0.323 e. The van der Waals surface area contributed by atoms with Crippen molar-refractivity contribution >= 4 is 39.8 Å². The zero-order valence-electron chi connectivity index (χ0n) is 13.5. The fourth-order valence-corrected chi connectivity index (χ4v) is 2.75. The molecule has 25 heavy (non-hydrogen) atoms. The van der Waals surface area contributed by atoms with Gasteiger partial charge in [-0.1, -0.05) is 47.1 Å². The highest BCUT2D eigenvalue weighted by molar-refractivity contribution is 6.31. The van der Waals surface area contributed by atoms with E-state index in [2.05, 4.69) is 15.8 Å². The summed E-state index contributed by atoms with van der Waals surface area (Å²) < 4.78 is 0. The minimum absolute atomic E-state index is 0.127. The van der Waals surface area contributed by atoms with E-state index in [0.717, 1.165) is 21.9 Å². The number of nitrogens with zero attached hydrogens (tertiary/aromatic N) is 1. The third-order valence-electron chi connectivity index (χ3n) is 3.87. The Hall–Kier alpha value is -2.92. The van der Waals surface area contributed by atoms with Gasteiger partial charge in [0.15, 0.2) is 0 Å². The largest absolute Gasteiger partial charge is 0.323 e. The first kappa shape index (κ1) is 16.9. The van der Waals surface area contributed by atoms with Gasteiger partial charge in [0, 0.05) is 16.1 Å². The molecule has 5 nitrogen and oxygen atoms in total. The third-order valence-corrected chi connectivity index (χ3v) is 4.28. The molecule has 0 saturated carbocycles. The van der Waals surface area contributed by atoms with E-state index >= 15 is 0 Å². The molecular weight excluding hydrogens is 338 g/mol. The number of benzene rings is 3. The van der Waals surface area contributed by atoms with Gasteiger partial charge in [0.05, 0.1) is 5.69 Å². The average Bonchev–Trinajstić information content (AvgIpc) is 2.58. The second kappa shape index (κ2) is 7.32. The number of urea groups is 1. The molecular formula is C19H16ClN3O2. The van der Waals surface area contributed by atoms with Crippen molar-refractivity contribution in [1.29, 1.82) is 0 Å². The van der Waals surface area contributed by atoms with Crippen molar-refractivity contribution in [3.05, 3.63) is 75.7 Å². The van der Waals surface area contributed by atoms with Crippen molar-refractivity contribution in [2.45, 2.75) is 13.5 Å². The molecule has 0 bridgehead atoms.